The maximum absolute atomic E-state index is 13.1. The van der Waals surface area contributed by atoms with E-state index < -0.39 is 6.17 Å². The van der Waals surface area contributed by atoms with Crippen molar-refractivity contribution in [2.75, 3.05) is 24.2 Å². The first kappa shape index (κ1) is 14.0. The standard InChI is InChI=1S/C13H16FN5O/c1-9(14)11-17-12(15)19-13(18-11)16-7-8-20-10-5-3-2-4-6-10/h2-6,9H,7-8H2,1H3,(H3,15,16,17,18,19)/t9-/m1/s1. The second-order valence-corrected chi connectivity index (χ2v) is 4.08. The molecule has 1 aromatic carbocycles. The molecule has 0 fully saturated rings. The highest BCUT2D eigenvalue weighted by atomic mass is 19.1. The van der Waals surface area contributed by atoms with Crippen molar-refractivity contribution in [1.82, 2.24) is 15.0 Å². The Hall–Kier alpha value is -2.44. The van der Waals surface area contributed by atoms with Gasteiger partial charge in [-0.25, -0.2) is 4.39 Å². The van der Waals surface area contributed by atoms with E-state index in [1.165, 1.54) is 6.92 Å². The molecule has 0 unspecified atom stereocenters. The van der Waals surface area contributed by atoms with Gasteiger partial charge in [-0.3, -0.25) is 0 Å². The van der Waals surface area contributed by atoms with Crippen LogP contribution in [0.1, 0.15) is 18.9 Å². The number of benzene rings is 1. The molecular weight excluding hydrogens is 261 g/mol. The maximum Gasteiger partial charge on any atom is 0.227 e. The fourth-order valence-corrected chi connectivity index (χ4v) is 1.51. The van der Waals surface area contributed by atoms with Crippen molar-refractivity contribution >= 4 is 11.9 Å². The first-order chi connectivity index (χ1) is 9.65. The molecule has 0 spiro atoms. The van der Waals surface area contributed by atoms with Crippen molar-refractivity contribution in [1.29, 1.82) is 0 Å². The molecule has 2 rings (SSSR count). The van der Waals surface area contributed by atoms with Crippen LogP contribution in [0.15, 0.2) is 30.3 Å². The number of para-hydroxylation sites is 1. The monoisotopic (exact) mass is 277 g/mol. The molecule has 0 radical (unpaired) electrons. The summed E-state index contributed by atoms with van der Waals surface area (Å²) in [4.78, 5) is 11.5. The third kappa shape index (κ3) is 4.04. The first-order valence-corrected chi connectivity index (χ1v) is 6.22. The normalized spacial score (nSPS) is 11.9. The molecule has 0 saturated heterocycles. The molecule has 6 nitrogen and oxygen atoms in total. The Balaban J connectivity index is 1.85. The summed E-state index contributed by atoms with van der Waals surface area (Å²) in [6.45, 7) is 2.24. The fraction of sp³-hybridized carbons (Fsp3) is 0.308. The van der Waals surface area contributed by atoms with Crippen molar-refractivity contribution < 1.29 is 9.13 Å². The van der Waals surface area contributed by atoms with E-state index in [-0.39, 0.29) is 17.7 Å². The zero-order valence-corrected chi connectivity index (χ0v) is 11.1. The predicted molar refractivity (Wildman–Crippen MR) is 74.2 cm³/mol. The van der Waals surface area contributed by atoms with Crippen molar-refractivity contribution in [3.8, 4) is 5.75 Å². The van der Waals surface area contributed by atoms with Crippen molar-refractivity contribution in [3.63, 3.8) is 0 Å². The van der Waals surface area contributed by atoms with E-state index in [4.69, 9.17) is 10.5 Å². The smallest absolute Gasteiger partial charge is 0.227 e. The lowest BCUT2D eigenvalue weighted by atomic mass is 10.3. The third-order valence-electron chi connectivity index (χ3n) is 2.42. The molecule has 0 saturated carbocycles. The molecule has 3 N–H and O–H groups in total. The number of nitrogens with one attached hydrogen (secondary N) is 1. The summed E-state index contributed by atoms with van der Waals surface area (Å²) in [6.07, 6.45) is -1.29. The Morgan fingerprint density at radius 1 is 1.25 bits per heavy atom. The van der Waals surface area contributed by atoms with E-state index in [2.05, 4.69) is 20.3 Å². The largest absolute Gasteiger partial charge is 0.492 e. The molecule has 1 atom stereocenters. The molecule has 0 aliphatic carbocycles. The summed E-state index contributed by atoms with van der Waals surface area (Å²) < 4.78 is 18.6. The second kappa shape index (κ2) is 6.65. The number of hydrogen-bond acceptors (Lipinski definition) is 6. The van der Waals surface area contributed by atoms with Gasteiger partial charge in [0.2, 0.25) is 11.9 Å². The van der Waals surface area contributed by atoms with Gasteiger partial charge in [-0.05, 0) is 19.1 Å². The van der Waals surface area contributed by atoms with Crippen LogP contribution >= 0.6 is 0 Å². The average molecular weight is 277 g/mol. The second-order valence-electron chi connectivity index (χ2n) is 4.08. The highest BCUT2D eigenvalue weighted by molar-refractivity contribution is 5.31. The number of alkyl halides is 1. The molecule has 2 aromatic rings. The van der Waals surface area contributed by atoms with Gasteiger partial charge in [0.25, 0.3) is 0 Å². The number of halogens is 1. The number of nitrogens with two attached hydrogens (primary N) is 1. The Morgan fingerprint density at radius 2 is 2.00 bits per heavy atom. The highest BCUT2D eigenvalue weighted by Crippen LogP contribution is 2.13. The fourth-order valence-electron chi connectivity index (χ4n) is 1.51. The zero-order chi connectivity index (χ0) is 14.4. The summed E-state index contributed by atoms with van der Waals surface area (Å²) in [5, 5.41) is 2.92. The van der Waals surface area contributed by atoms with Crippen molar-refractivity contribution in [2.24, 2.45) is 0 Å². The molecule has 20 heavy (non-hydrogen) atoms. The third-order valence-corrected chi connectivity index (χ3v) is 2.42. The number of ether oxygens (including phenoxy) is 1. The van der Waals surface area contributed by atoms with Gasteiger partial charge in [0.15, 0.2) is 12.0 Å². The number of rotatable bonds is 6. The summed E-state index contributed by atoms with van der Waals surface area (Å²) in [6, 6.07) is 9.43. The predicted octanol–water partition coefficient (Wildman–Crippen LogP) is 1.98. The number of anilines is 2. The van der Waals surface area contributed by atoms with Crippen molar-refractivity contribution in [2.45, 2.75) is 13.1 Å². The zero-order valence-electron chi connectivity index (χ0n) is 11.1. The van der Waals surface area contributed by atoms with E-state index >= 15 is 0 Å². The van der Waals surface area contributed by atoms with Gasteiger partial charge in [0, 0.05) is 0 Å². The van der Waals surface area contributed by atoms with Gasteiger partial charge in [-0.1, -0.05) is 18.2 Å². The summed E-state index contributed by atoms with van der Waals surface area (Å²) in [5.41, 5.74) is 5.49. The molecule has 7 heteroatoms. The van der Waals surface area contributed by atoms with Crippen LogP contribution in [0.4, 0.5) is 16.3 Å². The minimum atomic E-state index is -1.29. The SMILES string of the molecule is C[C@@H](F)c1nc(N)nc(NCCOc2ccccc2)n1. The summed E-state index contributed by atoms with van der Waals surface area (Å²) in [5.74, 6) is 1.03. The van der Waals surface area contributed by atoms with Gasteiger partial charge in [0.1, 0.15) is 12.4 Å². The number of nitrogens with zero attached hydrogens (tertiary/aromatic N) is 3. The Kier molecular flexibility index (Phi) is 4.65. The minimum absolute atomic E-state index is 0.00835. The van der Waals surface area contributed by atoms with Gasteiger partial charge in [0.05, 0.1) is 6.54 Å². The maximum atomic E-state index is 13.1. The quantitative estimate of drug-likeness (QED) is 0.785. The Bertz CT molecular complexity index is 550. The van der Waals surface area contributed by atoms with Crippen molar-refractivity contribution in [3.05, 3.63) is 36.2 Å². The van der Waals surface area contributed by atoms with E-state index in [9.17, 15) is 4.39 Å². The lowest BCUT2D eigenvalue weighted by molar-refractivity contribution is 0.332. The van der Waals surface area contributed by atoms with Crippen LogP contribution < -0.4 is 15.8 Å². The van der Waals surface area contributed by atoms with Gasteiger partial charge in [-0.2, -0.15) is 15.0 Å². The van der Waals surface area contributed by atoms with E-state index in [0.717, 1.165) is 5.75 Å². The Morgan fingerprint density at radius 3 is 2.70 bits per heavy atom. The van der Waals surface area contributed by atoms with Crippen LogP contribution in [0.2, 0.25) is 0 Å². The van der Waals surface area contributed by atoms with Crippen LogP contribution in [0.5, 0.6) is 5.75 Å². The molecule has 0 aliphatic rings. The molecule has 1 heterocycles. The molecule has 0 amide bonds. The number of hydrogen-bond donors (Lipinski definition) is 2. The number of nitrogen functional groups attached to an aromatic ring is 1. The van der Waals surface area contributed by atoms with E-state index in [1.54, 1.807) is 0 Å². The lowest BCUT2D eigenvalue weighted by Crippen LogP contribution is -2.15. The van der Waals surface area contributed by atoms with Gasteiger partial charge < -0.3 is 15.8 Å². The van der Waals surface area contributed by atoms with Crippen LogP contribution in [0, 0.1) is 0 Å². The number of aromatic nitrogens is 3. The lowest BCUT2D eigenvalue weighted by Gasteiger charge is -2.09. The molecule has 0 aliphatic heterocycles. The molecule has 0 bridgehead atoms. The van der Waals surface area contributed by atoms with Crippen LogP contribution in [0.25, 0.3) is 0 Å². The topological polar surface area (TPSA) is 86.0 Å². The van der Waals surface area contributed by atoms with Crippen LogP contribution in [0.3, 0.4) is 0 Å². The molecule has 106 valence electrons. The van der Waals surface area contributed by atoms with Gasteiger partial charge in [-0.15, -0.1) is 0 Å². The summed E-state index contributed by atoms with van der Waals surface area (Å²) in [7, 11) is 0. The van der Waals surface area contributed by atoms with Crippen LogP contribution in [-0.2, 0) is 0 Å². The summed E-state index contributed by atoms with van der Waals surface area (Å²) >= 11 is 0. The Labute approximate surface area is 116 Å². The van der Waals surface area contributed by atoms with Crippen LogP contribution in [-0.4, -0.2) is 28.1 Å². The minimum Gasteiger partial charge on any atom is -0.492 e. The average Bonchev–Trinajstić information content (AvgIpc) is 2.44. The first-order valence-electron chi connectivity index (χ1n) is 6.22. The van der Waals surface area contributed by atoms with E-state index in [0.29, 0.717) is 13.2 Å². The molecular formula is C13H16FN5O. The molecule has 1 aromatic heterocycles. The van der Waals surface area contributed by atoms with E-state index in [1.807, 2.05) is 30.3 Å². The van der Waals surface area contributed by atoms with Gasteiger partial charge >= 0.3 is 0 Å². The highest BCUT2D eigenvalue weighted by Gasteiger charge is 2.10.